The second kappa shape index (κ2) is 8.17. The molecule has 142 valence electrons. The third kappa shape index (κ3) is 4.24. The summed E-state index contributed by atoms with van der Waals surface area (Å²) in [6.07, 6.45) is 1.45. The number of nitrogen functional groups attached to an aromatic ring is 1. The first kappa shape index (κ1) is 18.8. The molecule has 0 saturated carbocycles. The number of phenolic OH excluding ortho intramolecular Hbond substituents is 1. The van der Waals surface area contributed by atoms with E-state index in [1.54, 1.807) is 48.5 Å². The molecule has 2 aromatic carbocycles. The number of aromatic nitrogens is 2. The highest BCUT2D eigenvalue weighted by Gasteiger charge is 2.14. The van der Waals surface area contributed by atoms with Gasteiger partial charge in [-0.2, -0.15) is 0 Å². The number of nitrogens with zero attached hydrogens (tertiary/aromatic N) is 2. The zero-order chi connectivity index (χ0) is 20.1. The predicted molar refractivity (Wildman–Crippen MR) is 105 cm³/mol. The third-order valence-corrected chi connectivity index (χ3v) is 4.05. The smallest absolute Gasteiger partial charge is 0.273 e. The second-order valence-corrected chi connectivity index (χ2v) is 6.00. The summed E-state index contributed by atoms with van der Waals surface area (Å²) < 4.78 is 0. The van der Waals surface area contributed by atoms with Gasteiger partial charge in [0, 0.05) is 24.7 Å². The van der Waals surface area contributed by atoms with Gasteiger partial charge in [0.25, 0.3) is 11.8 Å². The van der Waals surface area contributed by atoms with Gasteiger partial charge in [0.2, 0.25) is 0 Å². The maximum absolute atomic E-state index is 12.5. The van der Waals surface area contributed by atoms with Gasteiger partial charge in [0.1, 0.15) is 5.75 Å². The van der Waals surface area contributed by atoms with Crippen LogP contribution in [0.3, 0.4) is 0 Å². The number of phenols is 1. The van der Waals surface area contributed by atoms with Crippen LogP contribution < -0.4 is 16.4 Å². The van der Waals surface area contributed by atoms with Crippen molar-refractivity contribution in [2.75, 3.05) is 12.8 Å². The van der Waals surface area contributed by atoms with E-state index in [0.29, 0.717) is 23.4 Å². The molecule has 0 unspecified atom stereocenters. The summed E-state index contributed by atoms with van der Waals surface area (Å²) in [5.74, 6) is -0.492. The molecule has 3 rings (SSSR count). The number of carbonyl (C=O) groups is 2. The average Bonchev–Trinajstić information content (AvgIpc) is 2.73. The fourth-order valence-electron chi connectivity index (χ4n) is 2.54. The van der Waals surface area contributed by atoms with E-state index in [9.17, 15) is 14.7 Å². The number of hydrogen-bond donors (Lipinski definition) is 4. The first-order valence-electron chi connectivity index (χ1n) is 8.49. The van der Waals surface area contributed by atoms with Crippen molar-refractivity contribution < 1.29 is 14.7 Å². The summed E-state index contributed by atoms with van der Waals surface area (Å²) in [7, 11) is 1.48. The molecule has 0 atom stereocenters. The van der Waals surface area contributed by atoms with Crippen LogP contribution in [0.1, 0.15) is 26.4 Å². The number of carbonyl (C=O) groups excluding carboxylic acids is 2. The normalized spacial score (nSPS) is 10.3. The van der Waals surface area contributed by atoms with Gasteiger partial charge in [-0.1, -0.05) is 24.3 Å². The van der Waals surface area contributed by atoms with Crippen LogP contribution in [0.5, 0.6) is 5.75 Å². The van der Waals surface area contributed by atoms with Crippen molar-refractivity contribution in [3.8, 4) is 17.0 Å². The Labute approximate surface area is 161 Å². The Hall–Kier alpha value is -3.94. The molecular formula is C20H19N5O3. The molecule has 0 fully saturated rings. The number of amides is 2. The SMILES string of the molecule is CNC(=O)c1nc(-c2cccc(C(=O)NCc3ccc(O)cc3)c2)cnc1N. The minimum Gasteiger partial charge on any atom is -0.508 e. The van der Waals surface area contributed by atoms with Crippen LogP contribution in [0.4, 0.5) is 5.82 Å². The van der Waals surface area contributed by atoms with Gasteiger partial charge in [0.15, 0.2) is 11.5 Å². The van der Waals surface area contributed by atoms with Crippen molar-refractivity contribution in [1.82, 2.24) is 20.6 Å². The fraction of sp³-hybridized carbons (Fsp3) is 0.100. The van der Waals surface area contributed by atoms with Gasteiger partial charge in [-0.15, -0.1) is 0 Å². The summed E-state index contributed by atoms with van der Waals surface area (Å²) in [6, 6.07) is 13.4. The fourth-order valence-corrected chi connectivity index (χ4v) is 2.54. The number of nitrogens with two attached hydrogens (primary N) is 1. The summed E-state index contributed by atoms with van der Waals surface area (Å²) in [5.41, 5.74) is 8.11. The van der Waals surface area contributed by atoms with E-state index < -0.39 is 5.91 Å². The topological polar surface area (TPSA) is 130 Å². The van der Waals surface area contributed by atoms with Gasteiger partial charge in [-0.3, -0.25) is 9.59 Å². The van der Waals surface area contributed by atoms with E-state index in [0.717, 1.165) is 5.56 Å². The van der Waals surface area contributed by atoms with Gasteiger partial charge in [0.05, 0.1) is 11.9 Å². The zero-order valence-electron chi connectivity index (χ0n) is 15.1. The van der Waals surface area contributed by atoms with Gasteiger partial charge in [-0.25, -0.2) is 9.97 Å². The molecule has 3 aromatic rings. The molecule has 0 spiro atoms. The van der Waals surface area contributed by atoms with E-state index >= 15 is 0 Å². The van der Waals surface area contributed by atoms with Crippen molar-refractivity contribution in [3.63, 3.8) is 0 Å². The van der Waals surface area contributed by atoms with Crippen molar-refractivity contribution in [2.24, 2.45) is 0 Å². The monoisotopic (exact) mass is 377 g/mol. The zero-order valence-corrected chi connectivity index (χ0v) is 15.1. The Balaban J connectivity index is 1.79. The lowest BCUT2D eigenvalue weighted by molar-refractivity contribution is 0.0945. The van der Waals surface area contributed by atoms with Crippen LogP contribution in [-0.4, -0.2) is 33.9 Å². The molecule has 5 N–H and O–H groups in total. The second-order valence-electron chi connectivity index (χ2n) is 6.00. The van der Waals surface area contributed by atoms with E-state index in [-0.39, 0.29) is 23.2 Å². The molecule has 8 nitrogen and oxygen atoms in total. The Morgan fingerprint density at radius 3 is 2.57 bits per heavy atom. The number of hydrogen-bond acceptors (Lipinski definition) is 6. The predicted octanol–water partition coefficient (Wildman–Crippen LogP) is 1.72. The first-order chi connectivity index (χ1) is 13.5. The van der Waals surface area contributed by atoms with Crippen LogP contribution in [0.2, 0.25) is 0 Å². The molecule has 8 heteroatoms. The van der Waals surface area contributed by atoms with Crippen LogP contribution >= 0.6 is 0 Å². The van der Waals surface area contributed by atoms with Gasteiger partial charge in [-0.05, 0) is 29.8 Å². The molecule has 0 aliphatic carbocycles. The van der Waals surface area contributed by atoms with Crippen LogP contribution in [0, 0.1) is 0 Å². The Bertz CT molecular complexity index is 1020. The Kier molecular flexibility index (Phi) is 5.50. The molecule has 0 radical (unpaired) electrons. The number of aromatic hydroxyl groups is 1. The van der Waals surface area contributed by atoms with Crippen LogP contribution in [0.15, 0.2) is 54.7 Å². The molecule has 28 heavy (non-hydrogen) atoms. The lowest BCUT2D eigenvalue weighted by Crippen LogP contribution is -2.23. The Morgan fingerprint density at radius 2 is 1.86 bits per heavy atom. The molecule has 0 aliphatic heterocycles. The van der Waals surface area contributed by atoms with Crippen molar-refractivity contribution >= 4 is 17.6 Å². The molecule has 0 aliphatic rings. The number of anilines is 1. The highest BCUT2D eigenvalue weighted by molar-refractivity contribution is 5.97. The van der Waals surface area contributed by atoms with E-state index in [1.165, 1.54) is 13.2 Å². The maximum atomic E-state index is 12.5. The summed E-state index contributed by atoms with van der Waals surface area (Å²) in [4.78, 5) is 32.6. The molecule has 1 aromatic heterocycles. The first-order valence-corrected chi connectivity index (χ1v) is 8.49. The van der Waals surface area contributed by atoms with Crippen LogP contribution in [-0.2, 0) is 6.54 Å². The summed E-state index contributed by atoms with van der Waals surface area (Å²) in [5, 5.41) is 14.6. The Morgan fingerprint density at radius 1 is 1.11 bits per heavy atom. The van der Waals surface area contributed by atoms with Crippen molar-refractivity contribution in [2.45, 2.75) is 6.54 Å². The molecule has 2 amide bonds. The lowest BCUT2D eigenvalue weighted by Gasteiger charge is -2.09. The highest BCUT2D eigenvalue weighted by atomic mass is 16.3. The lowest BCUT2D eigenvalue weighted by atomic mass is 10.1. The molecule has 1 heterocycles. The maximum Gasteiger partial charge on any atom is 0.273 e. The number of benzene rings is 2. The van der Waals surface area contributed by atoms with Gasteiger partial charge >= 0.3 is 0 Å². The average molecular weight is 377 g/mol. The molecule has 0 saturated heterocycles. The molecule has 0 bridgehead atoms. The largest absolute Gasteiger partial charge is 0.508 e. The van der Waals surface area contributed by atoms with Crippen molar-refractivity contribution in [3.05, 3.63) is 71.5 Å². The minimum absolute atomic E-state index is 0.0298. The van der Waals surface area contributed by atoms with Crippen LogP contribution in [0.25, 0.3) is 11.3 Å². The van der Waals surface area contributed by atoms with Crippen molar-refractivity contribution in [1.29, 1.82) is 0 Å². The summed E-state index contributed by atoms with van der Waals surface area (Å²) in [6.45, 7) is 0.325. The molecular weight excluding hydrogens is 358 g/mol. The number of nitrogens with one attached hydrogen (secondary N) is 2. The van der Waals surface area contributed by atoms with E-state index in [1.807, 2.05) is 0 Å². The van der Waals surface area contributed by atoms with Gasteiger partial charge < -0.3 is 21.5 Å². The highest BCUT2D eigenvalue weighted by Crippen LogP contribution is 2.20. The quantitative estimate of drug-likeness (QED) is 0.536. The summed E-state index contributed by atoms with van der Waals surface area (Å²) >= 11 is 0. The minimum atomic E-state index is -0.436. The van der Waals surface area contributed by atoms with E-state index in [4.69, 9.17) is 5.73 Å². The van der Waals surface area contributed by atoms with E-state index in [2.05, 4.69) is 20.6 Å². The standard InChI is InChI=1S/C20H19N5O3/c1-22-20(28)17-18(21)23-11-16(25-17)13-3-2-4-14(9-13)19(27)24-10-12-5-7-15(26)8-6-12/h2-9,11,26H,10H2,1H3,(H2,21,23)(H,22,28)(H,24,27). The number of rotatable bonds is 5. The third-order valence-electron chi connectivity index (χ3n) is 4.05.